The number of hydrogen-bond donors (Lipinski definition) is 3. The first-order chi connectivity index (χ1) is 27.1. The number of morpholine rings is 2. The van der Waals surface area contributed by atoms with Gasteiger partial charge in [-0.25, -0.2) is 19.9 Å². The molecule has 0 unspecified atom stereocenters. The zero-order chi connectivity index (χ0) is 39.2. The summed E-state index contributed by atoms with van der Waals surface area (Å²) in [5, 5.41) is 12.9. The number of H-pyrrole nitrogens is 2. The number of imidazole rings is 2. The average Bonchev–Trinajstić information content (AvgIpc) is 3.86. The van der Waals surface area contributed by atoms with Crippen LogP contribution in [0.5, 0.6) is 11.5 Å². The third-order valence-corrected chi connectivity index (χ3v) is 10.6. The fraction of sp³-hybridized carbons (Fsp3) is 0.333. The van der Waals surface area contributed by atoms with Crippen LogP contribution in [0.15, 0.2) is 48.8 Å². The Balaban J connectivity index is 0.000000172. The van der Waals surface area contributed by atoms with Gasteiger partial charge in [0.05, 0.1) is 57.1 Å². The number of halogens is 4. The molecule has 0 radical (unpaired) electrons. The number of nitrogen functional groups attached to an aromatic ring is 1. The molecule has 0 saturated carbocycles. The third-order valence-electron chi connectivity index (χ3n) is 9.08. The van der Waals surface area contributed by atoms with Crippen LogP contribution >= 0.6 is 46.4 Å². The van der Waals surface area contributed by atoms with Crippen LogP contribution in [0.4, 0.5) is 11.4 Å². The van der Waals surface area contributed by atoms with E-state index in [0.29, 0.717) is 104 Å². The molecule has 4 aromatic heterocycles. The molecule has 6 heterocycles. The van der Waals surface area contributed by atoms with Crippen molar-refractivity contribution < 1.29 is 23.9 Å². The van der Waals surface area contributed by atoms with Crippen molar-refractivity contribution >= 4 is 80.1 Å². The second-order valence-electron chi connectivity index (χ2n) is 12.7. The highest BCUT2D eigenvalue weighted by molar-refractivity contribution is 6.45. The number of aromatic nitrogens is 6. The Kier molecular flexibility index (Phi) is 12.9. The predicted molar refractivity (Wildman–Crippen MR) is 215 cm³/mol. The summed E-state index contributed by atoms with van der Waals surface area (Å²) in [7, 11) is 0. The molecule has 16 nitrogen and oxygen atoms in total. The fourth-order valence-electron chi connectivity index (χ4n) is 6.06. The summed E-state index contributed by atoms with van der Waals surface area (Å²) in [5.41, 5.74) is 9.86. The number of ether oxygens (including phenoxy) is 4. The zero-order valence-corrected chi connectivity index (χ0v) is 32.8. The van der Waals surface area contributed by atoms with Crippen molar-refractivity contribution in [3.63, 3.8) is 0 Å². The van der Waals surface area contributed by atoms with Crippen molar-refractivity contribution in [3.05, 3.63) is 79.0 Å². The maximum absolute atomic E-state index is 11.6. The van der Waals surface area contributed by atoms with Crippen molar-refractivity contribution in [1.82, 2.24) is 39.7 Å². The van der Waals surface area contributed by atoms with Gasteiger partial charge in [-0.3, -0.25) is 19.9 Å². The van der Waals surface area contributed by atoms with Crippen LogP contribution in [0.2, 0.25) is 20.1 Å². The molecule has 294 valence electrons. The highest BCUT2D eigenvalue weighted by atomic mass is 35.5. The van der Waals surface area contributed by atoms with Gasteiger partial charge in [-0.2, -0.15) is 0 Å². The standard InChI is InChI=1S/C18H17Cl2N5O4.C18H19Cl2N5O2/c19-12-10-21-18-16(15(12)20)22-17(23-18)11-1-2-14(13(9-11)25(26)27)29-8-5-24-3-6-28-7-4-24;19-12-10-22-18-16(15(12)20)23-17(24-18)11-1-2-14(13(21)9-11)27-8-5-25-3-6-26-7-4-25/h1-2,9-10H,3-8H2,(H,21,22,23);1-2,9-10H,3-8,21H2,(H,22,23,24). The largest absolute Gasteiger partial charge is 0.490 e. The van der Waals surface area contributed by atoms with E-state index in [9.17, 15) is 10.1 Å². The molecule has 0 aliphatic carbocycles. The maximum Gasteiger partial charge on any atom is 0.311 e. The van der Waals surface area contributed by atoms with Crippen molar-refractivity contribution in [3.8, 4) is 34.3 Å². The van der Waals surface area contributed by atoms with E-state index in [2.05, 4.69) is 39.7 Å². The lowest BCUT2D eigenvalue weighted by molar-refractivity contribution is -0.385. The zero-order valence-electron chi connectivity index (χ0n) is 29.8. The summed E-state index contributed by atoms with van der Waals surface area (Å²) >= 11 is 24.4. The minimum absolute atomic E-state index is 0.137. The Morgan fingerprint density at radius 2 is 1.20 bits per heavy atom. The van der Waals surface area contributed by atoms with E-state index in [1.165, 1.54) is 18.5 Å². The average molecular weight is 847 g/mol. The smallest absolute Gasteiger partial charge is 0.311 e. The van der Waals surface area contributed by atoms with Gasteiger partial charge in [-0.05, 0) is 30.3 Å². The van der Waals surface area contributed by atoms with Gasteiger partial charge >= 0.3 is 5.69 Å². The van der Waals surface area contributed by atoms with Crippen LogP contribution in [0.25, 0.3) is 45.1 Å². The summed E-state index contributed by atoms with van der Waals surface area (Å²) < 4.78 is 22.2. The Morgan fingerprint density at radius 3 is 1.68 bits per heavy atom. The number of aromatic amines is 2. The number of pyridine rings is 2. The predicted octanol–water partition coefficient (Wildman–Crippen LogP) is 6.78. The molecule has 2 saturated heterocycles. The molecular weight excluding hydrogens is 810 g/mol. The quantitative estimate of drug-likeness (QED) is 0.0703. The lowest BCUT2D eigenvalue weighted by atomic mass is 10.2. The van der Waals surface area contributed by atoms with E-state index in [-0.39, 0.29) is 11.4 Å². The summed E-state index contributed by atoms with van der Waals surface area (Å²) in [6.45, 7) is 8.91. The monoisotopic (exact) mass is 844 g/mol. The van der Waals surface area contributed by atoms with Crippen LogP contribution in [0.1, 0.15) is 0 Å². The van der Waals surface area contributed by atoms with Gasteiger partial charge in [-0.1, -0.05) is 46.4 Å². The van der Waals surface area contributed by atoms with Gasteiger partial charge in [-0.15, -0.1) is 0 Å². The topological polar surface area (TPSA) is 196 Å². The lowest BCUT2D eigenvalue weighted by Gasteiger charge is -2.26. The van der Waals surface area contributed by atoms with Crippen molar-refractivity contribution in [2.24, 2.45) is 0 Å². The first kappa shape index (κ1) is 39.7. The molecule has 56 heavy (non-hydrogen) atoms. The van der Waals surface area contributed by atoms with Gasteiger partial charge in [0.2, 0.25) is 0 Å². The Bertz CT molecular complexity index is 2330. The third kappa shape index (κ3) is 9.36. The second kappa shape index (κ2) is 18.2. The van der Waals surface area contributed by atoms with Gasteiger partial charge in [0, 0.05) is 68.9 Å². The first-order valence-electron chi connectivity index (χ1n) is 17.6. The molecule has 6 aromatic rings. The van der Waals surface area contributed by atoms with Crippen LogP contribution in [-0.2, 0) is 9.47 Å². The molecule has 4 N–H and O–H groups in total. The van der Waals surface area contributed by atoms with Crippen LogP contribution in [-0.4, -0.2) is 124 Å². The number of benzene rings is 2. The minimum Gasteiger partial charge on any atom is -0.490 e. The molecule has 8 rings (SSSR count). The highest BCUT2D eigenvalue weighted by Gasteiger charge is 2.20. The number of fused-ring (bicyclic) bond motifs is 2. The minimum atomic E-state index is -0.474. The maximum atomic E-state index is 11.6. The SMILES string of the molecule is Nc1cc(-c2nc3ncc(Cl)c(Cl)c3[nH]2)ccc1OCCN1CCOCC1.O=[N+]([O-])c1cc(-c2nc3ncc(Cl)c(Cl)c3[nH]2)ccc1OCCN1CCOCC1. The number of nitro benzene ring substituents is 1. The van der Waals surface area contributed by atoms with Gasteiger partial charge in [0.1, 0.15) is 41.6 Å². The number of nitro groups is 1. The number of rotatable bonds is 11. The highest BCUT2D eigenvalue weighted by Crippen LogP contribution is 2.35. The molecule has 2 aliphatic rings. The van der Waals surface area contributed by atoms with E-state index in [1.807, 2.05) is 18.2 Å². The lowest BCUT2D eigenvalue weighted by Crippen LogP contribution is -2.38. The van der Waals surface area contributed by atoms with Gasteiger partial charge in [0.15, 0.2) is 17.0 Å². The van der Waals surface area contributed by atoms with Gasteiger partial charge in [0.25, 0.3) is 0 Å². The molecule has 2 aliphatic heterocycles. The molecule has 0 amide bonds. The summed E-state index contributed by atoms with van der Waals surface area (Å²) in [6, 6.07) is 10.2. The molecular formula is C36H36Cl4N10O6. The van der Waals surface area contributed by atoms with Crippen molar-refractivity contribution in [2.45, 2.75) is 0 Å². The van der Waals surface area contributed by atoms with E-state index in [0.717, 1.165) is 51.5 Å². The number of anilines is 1. The Morgan fingerprint density at radius 1 is 0.732 bits per heavy atom. The Hall–Kier alpha value is -4.52. The summed E-state index contributed by atoms with van der Waals surface area (Å²) in [4.78, 5) is 38.9. The molecule has 2 fully saturated rings. The van der Waals surface area contributed by atoms with E-state index < -0.39 is 4.92 Å². The van der Waals surface area contributed by atoms with Crippen LogP contribution in [0.3, 0.4) is 0 Å². The van der Waals surface area contributed by atoms with E-state index >= 15 is 0 Å². The Labute approximate surface area is 340 Å². The second-order valence-corrected chi connectivity index (χ2v) is 14.3. The number of nitrogens with zero attached hydrogens (tertiary/aromatic N) is 7. The number of hydrogen-bond acceptors (Lipinski definition) is 13. The van der Waals surface area contributed by atoms with Crippen LogP contribution in [0, 0.1) is 10.1 Å². The number of nitrogens with two attached hydrogens (primary N) is 1. The molecule has 0 bridgehead atoms. The van der Waals surface area contributed by atoms with Crippen molar-refractivity contribution in [1.29, 1.82) is 0 Å². The molecule has 0 spiro atoms. The number of nitrogens with one attached hydrogen (secondary N) is 2. The molecule has 20 heteroatoms. The molecule has 0 atom stereocenters. The summed E-state index contributed by atoms with van der Waals surface area (Å²) in [5.74, 6) is 1.89. The normalized spacial score (nSPS) is 15.1. The summed E-state index contributed by atoms with van der Waals surface area (Å²) in [6.07, 6.45) is 2.89. The molecule has 2 aromatic carbocycles. The van der Waals surface area contributed by atoms with E-state index in [4.69, 9.17) is 71.1 Å². The van der Waals surface area contributed by atoms with Crippen molar-refractivity contribution in [2.75, 3.05) is 84.6 Å². The van der Waals surface area contributed by atoms with E-state index in [1.54, 1.807) is 12.1 Å². The van der Waals surface area contributed by atoms with Gasteiger partial charge < -0.3 is 34.6 Å². The first-order valence-corrected chi connectivity index (χ1v) is 19.1. The fourth-order valence-corrected chi connectivity index (χ4v) is 6.71. The van der Waals surface area contributed by atoms with Crippen LogP contribution < -0.4 is 15.2 Å².